The second-order valence-corrected chi connectivity index (χ2v) is 5.78. The van der Waals surface area contributed by atoms with Crippen molar-refractivity contribution in [1.82, 2.24) is 0 Å². The minimum Gasteiger partial charge on any atom is -0.466 e. The van der Waals surface area contributed by atoms with Gasteiger partial charge in [0.25, 0.3) is 0 Å². The Morgan fingerprint density at radius 2 is 2.15 bits per heavy atom. The number of benzene rings is 1. The Labute approximate surface area is 121 Å². The molecule has 1 fully saturated rings. The Balaban J connectivity index is 1.97. The van der Waals surface area contributed by atoms with E-state index in [9.17, 15) is 4.79 Å². The molecule has 2 rings (SSSR count). The first-order chi connectivity index (χ1) is 9.60. The van der Waals surface area contributed by atoms with Crippen molar-refractivity contribution in [3.63, 3.8) is 0 Å². The Hall–Kier alpha value is -1.51. The summed E-state index contributed by atoms with van der Waals surface area (Å²) in [6.07, 6.45) is 4.06. The molecule has 0 radical (unpaired) electrons. The van der Waals surface area contributed by atoms with E-state index in [-0.39, 0.29) is 11.9 Å². The smallest absolute Gasteiger partial charge is 0.308 e. The van der Waals surface area contributed by atoms with E-state index in [2.05, 4.69) is 37.4 Å². The summed E-state index contributed by atoms with van der Waals surface area (Å²) in [7, 11) is 0. The predicted octanol–water partition coefficient (Wildman–Crippen LogP) is 3.84. The molecule has 2 unspecified atom stereocenters. The molecular weight excluding hydrogens is 250 g/mol. The van der Waals surface area contributed by atoms with Crippen LogP contribution in [0.4, 0.5) is 5.69 Å². The lowest BCUT2D eigenvalue weighted by atomic mass is 9.85. The number of carbonyl (C=O) groups is 1. The highest BCUT2D eigenvalue weighted by molar-refractivity contribution is 5.72. The van der Waals surface area contributed by atoms with Crippen LogP contribution in [0.15, 0.2) is 18.2 Å². The first kappa shape index (κ1) is 14.9. The second kappa shape index (κ2) is 6.78. The third-order valence-corrected chi connectivity index (χ3v) is 4.04. The summed E-state index contributed by atoms with van der Waals surface area (Å²) >= 11 is 0. The molecular formula is C17H25NO2. The van der Waals surface area contributed by atoms with Crippen LogP contribution in [0.1, 0.15) is 43.7 Å². The molecule has 0 aromatic heterocycles. The molecule has 1 aromatic carbocycles. The first-order valence-electron chi connectivity index (χ1n) is 7.60. The molecule has 0 amide bonds. The van der Waals surface area contributed by atoms with Gasteiger partial charge in [-0.15, -0.1) is 0 Å². The van der Waals surface area contributed by atoms with Crippen LogP contribution in [-0.4, -0.2) is 18.6 Å². The van der Waals surface area contributed by atoms with Crippen LogP contribution in [-0.2, 0) is 9.53 Å². The van der Waals surface area contributed by atoms with Crippen molar-refractivity contribution in [2.75, 3.05) is 11.9 Å². The molecule has 2 atom stereocenters. The lowest BCUT2D eigenvalue weighted by Crippen LogP contribution is -2.32. The average Bonchev–Trinajstić information content (AvgIpc) is 2.43. The molecule has 1 aromatic rings. The van der Waals surface area contributed by atoms with Crippen LogP contribution in [0, 0.1) is 19.8 Å². The zero-order chi connectivity index (χ0) is 14.5. The number of nitrogens with one attached hydrogen (secondary N) is 1. The Morgan fingerprint density at radius 1 is 1.35 bits per heavy atom. The zero-order valence-corrected chi connectivity index (χ0v) is 12.7. The standard InChI is InChI=1S/C17H25NO2/c1-4-20-17(19)14-6-5-7-15(11-14)18-16-9-8-12(2)10-13(16)3/h8-10,14-15,18H,4-7,11H2,1-3H3. The highest BCUT2D eigenvalue weighted by Gasteiger charge is 2.28. The molecule has 0 bridgehead atoms. The fourth-order valence-corrected chi connectivity index (χ4v) is 2.99. The van der Waals surface area contributed by atoms with Gasteiger partial charge in [0.15, 0.2) is 0 Å². The van der Waals surface area contributed by atoms with Gasteiger partial charge in [0.05, 0.1) is 12.5 Å². The maximum atomic E-state index is 11.9. The maximum absolute atomic E-state index is 11.9. The quantitative estimate of drug-likeness (QED) is 0.849. The molecule has 3 heteroatoms. The molecule has 0 aliphatic heterocycles. The topological polar surface area (TPSA) is 38.3 Å². The number of rotatable bonds is 4. The van der Waals surface area contributed by atoms with E-state index < -0.39 is 0 Å². The van der Waals surface area contributed by atoms with E-state index in [1.165, 1.54) is 16.8 Å². The van der Waals surface area contributed by atoms with Gasteiger partial charge in [0.2, 0.25) is 0 Å². The third-order valence-electron chi connectivity index (χ3n) is 4.04. The summed E-state index contributed by atoms with van der Waals surface area (Å²) in [5, 5.41) is 3.60. The average molecular weight is 275 g/mol. The van der Waals surface area contributed by atoms with Crippen molar-refractivity contribution in [3.05, 3.63) is 29.3 Å². The summed E-state index contributed by atoms with van der Waals surface area (Å²) in [4.78, 5) is 11.9. The molecule has 110 valence electrons. The summed E-state index contributed by atoms with van der Waals surface area (Å²) in [5.74, 6) is 0.0339. The molecule has 20 heavy (non-hydrogen) atoms. The predicted molar refractivity (Wildman–Crippen MR) is 81.9 cm³/mol. The van der Waals surface area contributed by atoms with Gasteiger partial charge in [-0.2, -0.15) is 0 Å². The molecule has 0 saturated heterocycles. The molecule has 0 spiro atoms. The number of carbonyl (C=O) groups excluding carboxylic acids is 1. The molecule has 0 heterocycles. The van der Waals surface area contributed by atoms with E-state index >= 15 is 0 Å². The molecule has 1 aliphatic carbocycles. The van der Waals surface area contributed by atoms with Crippen LogP contribution >= 0.6 is 0 Å². The van der Waals surface area contributed by atoms with Gasteiger partial charge >= 0.3 is 5.97 Å². The van der Waals surface area contributed by atoms with Crippen molar-refractivity contribution in [1.29, 1.82) is 0 Å². The Kier molecular flexibility index (Phi) is 5.05. The van der Waals surface area contributed by atoms with E-state index in [0.717, 1.165) is 25.7 Å². The van der Waals surface area contributed by atoms with E-state index in [4.69, 9.17) is 4.74 Å². The summed E-state index contributed by atoms with van der Waals surface area (Å²) in [6, 6.07) is 6.83. The molecule has 1 N–H and O–H groups in total. The van der Waals surface area contributed by atoms with Crippen LogP contribution in [0.25, 0.3) is 0 Å². The summed E-state index contributed by atoms with van der Waals surface area (Å²) in [5.41, 5.74) is 3.73. The van der Waals surface area contributed by atoms with Crippen molar-refractivity contribution in [2.24, 2.45) is 5.92 Å². The lowest BCUT2D eigenvalue weighted by Gasteiger charge is -2.29. The number of hydrogen-bond donors (Lipinski definition) is 1. The van der Waals surface area contributed by atoms with Gasteiger partial charge < -0.3 is 10.1 Å². The van der Waals surface area contributed by atoms with Crippen LogP contribution in [0.5, 0.6) is 0 Å². The SMILES string of the molecule is CCOC(=O)C1CCCC(Nc2ccc(C)cc2C)C1. The highest BCUT2D eigenvalue weighted by Crippen LogP contribution is 2.28. The summed E-state index contributed by atoms with van der Waals surface area (Å²) < 4.78 is 5.15. The van der Waals surface area contributed by atoms with Crippen molar-refractivity contribution in [3.8, 4) is 0 Å². The van der Waals surface area contributed by atoms with Crippen LogP contribution in [0.3, 0.4) is 0 Å². The number of aryl methyl sites for hydroxylation is 2. The fourth-order valence-electron chi connectivity index (χ4n) is 2.99. The van der Waals surface area contributed by atoms with Crippen molar-refractivity contribution >= 4 is 11.7 Å². The highest BCUT2D eigenvalue weighted by atomic mass is 16.5. The molecule has 1 saturated carbocycles. The van der Waals surface area contributed by atoms with E-state index in [1.807, 2.05) is 6.92 Å². The Morgan fingerprint density at radius 3 is 2.85 bits per heavy atom. The second-order valence-electron chi connectivity index (χ2n) is 5.78. The largest absolute Gasteiger partial charge is 0.466 e. The lowest BCUT2D eigenvalue weighted by molar-refractivity contribution is -0.149. The zero-order valence-electron chi connectivity index (χ0n) is 12.7. The normalized spacial score (nSPS) is 22.4. The van der Waals surface area contributed by atoms with E-state index in [1.54, 1.807) is 0 Å². The van der Waals surface area contributed by atoms with Gasteiger partial charge in [-0.05, 0) is 51.7 Å². The van der Waals surface area contributed by atoms with Crippen LogP contribution < -0.4 is 5.32 Å². The van der Waals surface area contributed by atoms with Gasteiger partial charge in [-0.3, -0.25) is 4.79 Å². The minimum atomic E-state index is -0.0281. The number of ether oxygens (including phenoxy) is 1. The number of esters is 1. The van der Waals surface area contributed by atoms with Crippen LogP contribution in [0.2, 0.25) is 0 Å². The van der Waals surface area contributed by atoms with Gasteiger partial charge in [0.1, 0.15) is 0 Å². The Bertz CT molecular complexity index is 470. The number of anilines is 1. The molecule has 1 aliphatic rings. The van der Waals surface area contributed by atoms with Crippen molar-refractivity contribution < 1.29 is 9.53 Å². The minimum absolute atomic E-state index is 0.0281. The van der Waals surface area contributed by atoms with Gasteiger partial charge in [0, 0.05) is 11.7 Å². The monoisotopic (exact) mass is 275 g/mol. The van der Waals surface area contributed by atoms with E-state index in [0.29, 0.717) is 12.6 Å². The molecule has 3 nitrogen and oxygen atoms in total. The first-order valence-corrected chi connectivity index (χ1v) is 7.60. The number of hydrogen-bond acceptors (Lipinski definition) is 3. The van der Waals surface area contributed by atoms with Gasteiger partial charge in [-0.25, -0.2) is 0 Å². The fraction of sp³-hybridized carbons (Fsp3) is 0.588. The maximum Gasteiger partial charge on any atom is 0.308 e. The van der Waals surface area contributed by atoms with Crippen molar-refractivity contribution in [2.45, 2.75) is 52.5 Å². The van der Waals surface area contributed by atoms with Gasteiger partial charge in [-0.1, -0.05) is 24.1 Å². The third kappa shape index (κ3) is 3.75. The summed E-state index contributed by atoms with van der Waals surface area (Å²) in [6.45, 7) is 6.58.